The van der Waals surface area contributed by atoms with E-state index in [1.807, 2.05) is 0 Å². The van der Waals surface area contributed by atoms with Gasteiger partial charge >= 0.3 is 5.97 Å². The molecule has 1 aliphatic carbocycles. The van der Waals surface area contributed by atoms with E-state index in [0.717, 1.165) is 32.1 Å². The van der Waals surface area contributed by atoms with Gasteiger partial charge in [0.2, 0.25) is 0 Å². The molecular weight excluding hydrogens is 212 g/mol. The van der Waals surface area contributed by atoms with Crippen LogP contribution < -0.4 is 0 Å². The molecule has 1 aromatic carbocycles. The van der Waals surface area contributed by atoms with Crippen LogP contribution in [0.25, 0.3) is 0 Å². The summed E-state index contributed by atoms with van der Waals surface area (Å²) in [6.07, 6.45) is 5.11. The number of carbonyl (C=O) groups is 1. The third-order valence-corrected chi connectivity index (χ3v) is 3.75. The molecule has 0 saturated heterocycles. The first-order valence-corrected chi connectivity index (χ1v) is 6.54. The van der Waals surface area contributed by atoms with Gasteiger partial charge in [0, 0.05) is 0 Å². The molecule has 1 fully saturated rings. The number of hydrogen-bond donors (Lipinski definition) is 1. The van der Waals surface area contributed by atoms with E-state index in [0.29, 0.717) is 0 Å². The predicted octanol–water partition coefficient (Wildman–Crippen LogP) is 3.61. The molecule has 0 radical (unpaired) electrons. The summed E-state index contributed by atoms with van der Waals surface area (Å²) >= 11 is 0. The lowest BCUT2D eigenvalue weighted by atomic mass is 9.88. The molecule has 17 heavy (non-hydrogen) atoms. The van der Waals surface area contributed by atoms with Crippen molar-refractivity contribution in [2.24, 2.45) is 5.92 Å². The van der Waals surface area contributed by atoms with Gasteiger partial charge in [-0.15, -0.1) is 0 Å². The summed E-state index contributed by atoms with van der Waals surface area (Å²) in [5.41, 5.74) is 2.56. The highest BCUT2D eigenvalue weighted by atomic mass is 16.4. The van der Waals surface area contributed by atoms with Crippen molar-refractivity contribution in [3.05, 3.63) is 35.4 Å². The molecule has 0 aliphatic heterocycles. The molecule has 0 spiro atoms. The standard InChI is InChI=1S/C15H20O2/c1-2-5-11-6-3-7-12(10-11)13-8-4-9-14(13)15(16)17/h3,6-7,10,13-14H,2,4-5,8-9H2,1H3,(H,16,17). The van der Waals surface area contributed by atoms with Crippen LogP contribution in [0.4, 0.5) is 0 Å². The molecule has 0 amide bonds. The Labute approximate surface area is 103 Å². The topological polar surface area (TPSA) is 37.3 Å². The first-order valence-electron chi connectivity index (χ1n) is 6.54. The second kappa shape index (κ2) is 5.35. The summed E-state index contributed by atoms with van der Waals surface area (Å²) in [5, 5.41) is 9.22. The van der Waals surface area contributed by atoms with Crippen molar-refractivity contribution < 1.29 is 9.90 Å². The molecule has 2 unspecified atom stereocenters. The maximum absolute atomic E-state index is 11.2. The Morgan fingerprint density at radius 3 is 2.94 bits per heavy atom. The van der Waals surface area contributed by atoms with Crippen molar-refractivity contribution in [2.75, 3.05) is 0 Å². The molecule has 1 aromatic rings. The fourth-order valence-corrected chi connectivity index (χ4v) is 2.92. The molecule has 92 valence electrons. The third kappa shape index (κ3) is 2.68. The summed E-state index contributed by atoms with van der Waals surface area (Å²) in [5.74, 6) is -0.579. The number of rotatable bonds is 4. The molecular formula is C15H20O2. The highest BCUT2D eigenvalue weighted by Crippen LogP contribution is 2.39. The minimum absolute atomic E-state index is 0.174. The fraction of sp³-hybridized carbons (Fsp3) is 0.533. The van der Waals surface area contributed by atoms with Crippen molar-refractivity contribution in [3.8, 4) is 0 Å². The van der Waals surface area contributed by atoms with Gasteiger partial charge in [0.1, 0.15) is 0 Å². The zero-order valence-electron chi connectivity index (χ0n) is 10.4. The maximum atomic E-state index is 11.2. The first-order chi connectivity index (χ1) is 8.22. The molecule has 2 atom stereocenters. The predicted molar refractivity (Wildman–Crippen MR) is 68.2 cm³/mol. The van der Waals surface area contributed by atoms with Gasteiger partial charge in [0.15, 0.2) is 0 Å². The van der Waals surface area contributed by atoms with E-state index < -0.39 is 5.97 Å². The highest BCUT2D eigenvalue weighted by molar-refractivity contribution is 5.71. The van der Waals surface area contributed by atoms with Crippen LogP contribution in [0.2, 0.25) is 0 Å². The Bertz CT molecular complexity index is 398. The molecule has 2 rings (SSSR count). The van der Waals surface area contributed by atoms with E-state index in [4.69, 9.17) is 0 Å². The van der Waals surface area contributed by atoms with Gasteiger partial charge in [-0.2, -0.15) is 0 Å². The zero-order valence-corrected chi connectivity index (χ0v) is 10.4. The molecule has 1 aliphatic rings. The summed E-state index contributed by atoms with van der Waals surface area (Å²) in [7, 11) is 0. The van der Waals surface area contributed by atoms with Crippen molar-refractivity contribution in [2.45, 2.75) is 44.9 Å². The first kappa shape index (κ1) is 12.2. The van der Waals surface area contributed by atoms with Gasteiger partial charge in [0.25, 0.3) is 0 Å². The maximum Gasteiger partial charge on any atom is 0.307 e. The van der Waals surface area contributed by atoms with Crippen molar-refractivity contribution in [3.63, 3.8) is 0 Å². The Morgan fingerprint density at radius 1 is 1.41 bits per heavy atom. The smallest absolute Gasteiger partial charge is 0.307 e. The van der Waals surface area contributed by atoms with E-state index in [1.54, 1.807) is 0 Å². The molecule has 0 heterocycles. The lowest BCUT2D eigenvalue weighted by Gasteiger charge is -2.17. The molecule has 0 bridgehead atoms. The van der Waals surface area contributed by atoms with Gasteiger partial charge in [-0.3, -0.25) is 4.79 Å². The van der Waals surface area contributed by atoms with Crippen LogP contribution in [0.1, 0.15) is 49.7 Å². The van der Waals surface area contributed by atoms with Crippen LogP contribution in [0, 0.1) is 5.92 Å². The molecule has 0 aromatic heterocycles. The van der Waals surface area contributed by atoms with Crippen molar-refractivity contribution >= 4 is 5.97 Å². The van der Waals surface area contributed by atoms with Gasteiger partial charge in [-0.05, 0) is 36.3 Å². The van der Waals surface area contributed by atoms with Crippen molar-refractivity contribution in [1.29, 1.82) is 0 Å². The van der Waals surface area contributed by atoms with E-state index in [-0.39, 0.29) is 11.8 Å². The van der Waals surface area contributed by atoms with Crippen molar-refractivity contribution in [1.82, 2.24) is 0 Å². The molecule has 1 N–H and O–H groups in total. The van der Waals surface area contributed by atoms with Gasteiger partial charge < -0.3 is 5.11 Å². The summed E-state index contributed by atoms with van der Waals surface area (Å²) in [6.45, 7) is 2.17. The number of aliphatic carboxylic acids is 1. The second-order valence-corrected chi connectivity index (χ2v) is 4.98. The minimum Gasteiger partial charge on any atom is -0.481 e. The Hall–Kier alpha value is -1.31. The average molecular weight is 232 g/mol. The van der Waals surface area contributed by atoms with Crippen LogP contribution in [-0.4, -0.2) is 11.1 Å². The highest BCUT2D eigenvalue weighted by Gasteiger charge is 2.33. The molecule has 2 heteroatoms. The Kier molecular flexibility index (Phi) is 3.82. The van der Waals surface area contributed by atoms with Crippen LogP contribution in [0.5, 0.6) is 0 Å². The van der Waals surface area contributed by atoms with E-state index in [2.05, 4.69) is 31.2 Å². The lowest BCUT2D eigenvalue weighted by Crippen LogP contribution is -2.16. The summed E-state index contributed by atoms with van der Waals surface area (Å²) < 4.78 is 0. The van der Waals surface area contributed by atoms with E-state index in [1.165, 1.54) is 11.1 Å². The van der Waals surface area contributed by atoms with Gasteiger partial charge in [-0.1, -0.05) is 44.0 Å². The number of benzene rings is 1. The number of hydrogen-bond acceptors (Lipinski definition) is 1. The van der Waals surface area contributed by atoms with Gasteiger partial charge in [0.05, 0.1) is 5.92 Å². The number of carboxylic acid groups (broad SMARTS) is 1. The van der Waals surface area contributed by atoms with Gasteiger partial charge in [-0.25, -0.2) is 0 Å². The second-order valence-electron chi connectivity index (χ2n) is 4.98. The third-order valence-electron chi connectivity index (χ3n) is 3.75. The minimum atomic E-state index is -0.631. The normalized spacial score (nSPS) is 23.8. The van der Waals surface area contributed by atoms with E-state index >= 15 is 0 Å². The Balaban J connectivity index is 2.21. The van der Waals surface area contributed by atoms with E-state index in [9.17, 15) is 9.90 Å². The SMILES string of the molecule is CCCc1cccc(C2CCCC2C(=O)O)c1. The molecule has 2 nitrogen and oxygen atoms in total. The molecule has 1 saturated carbocycles. The monoisotopic (exact) mass is 232 g/mol. The number of aryl methyl sites for hydroxylation is 1. The lowest BCUT2D eigenvalue weighted by molar-refractivity contribution is -0.142. The quantitative estimate of drug-likeness (QED) is 0.861. The van der Waals surface area contributed by atoms with Crippen LogP contribution in [0.15, 0.2) is 24.3 Å². The fourth-order valence-electron chi connectivity index (χ4n) is 2.92. The largest absolute Gasteiger partial charge is 0.481 e. The Morgan fingerprint density at radius 2 is 2.24 bits per heavy atom. The summed E-state index contributed by atoms with van der Waals surface area (Å²) in [6, 6.07) is 8.50. The van der Waals surface area contributed by atoms with Crippen LogP contribution in [0.3, 0.4) is 0 Å². The van der Waals surface area contributed by atoms with Crippen LogP contribution in [-0.2, 0) is 11.2 Å². The zero-order chi connectivity index (χ0) is 12.3. The number of carboxylic acids is 1. The average Bonchev–Trinajstić information content (AvgIpc) is 2.79. The van der Waals surface area contributed by atoms with Crippen LogP contribution >= 0.6 is 0 Å². The summed E-state index contributed by atoms with van der Waals surface area (Å²) in [4.78, 5) is 11.2.